The summed E-state index contributed by atoms with van der Waals surface area (Å²) < 4.78 is 0. The molecule has 3 nitrogen and oxygen atoms in total. The molecule has 12 heavy (non-hydrogen) atoms. The number of fused-ring (bicyclic) bond motifs is 1. The fourth-order valence-corrected chi connectivity index (χ4v) is 1.46. The van der Waals surface area contributed by atoms with Gasteiger partial charge in [-0.3, -0.25) is 0 Å². The van der Waals surface area contributed by atoms with E-state index in [1.165, 1.54) is 11.1 Å². The molecule has 0 fully saturated rings. The van der Waals surface area contributed by atoms with Crippen molar-refractivity contribution in [3.05, 3.63) is 23.3 Å². The highest BCUT2D eigenvalue weighted by molar-refractivity contribution is 5.53. The summed E-state index contributed by atoms with van der Waals surface area (Å²) in [5.41, 5.74) is 8.74. The molecule has 0 saturated heterocycles. The molecular formula is C9H11NO2. The Bertz CT molecular complexity index is 310. The van der Waals surface area contributed by atoms with Gasteiger partial charge in [0, 0.05) is 23.7 Å². The van der Waals surface area contributed by atoms with Gasteiger partial charge in [0.2, 0.25) is 0 Å². The number of nitrogens with two attached hydrogens (primary N) is 1. The lowest BCUT2D eigenvalue weighted by atomic mass is 10.0. The quantitative estimate of drug-likeness (QED) is 0.467. The van der Waals surface area contributed by atoms with Crippen molar-refractivity contribution in [2.45, 2.75) is 13.3 Å². The summed E-state index contributed by atoms with van der Waals surface area (Å²) in [4.78, 5) is 9.86. The van der Waals surface area contributed by atoms with Gasteiger partial charge < -0.3 is 10.6 Å². The summed E-state index contributed by atoms with van der Waals surface area (Å²) in [7, 11) is 0. The van der Waals surface area contributed by atoms with E-state index in [0.29, 0.717) is 6.61 Å². The first-order valence-corrected chi connectivity index (χ1v) is 3.96. The van der Waals surface area contributed by atoms with Crippen LogP contribution in [0.15, 0.2) is 12.1 Å². The minimum absolute atomic E-state index is 0.623. The first-order valence-electron chi connectivity index (χ1n) is 3.96. The molecule has 1 heterocycles. The Balaban J connectivity index is 2.53. The second-order valence-corrected chi connectivity index (χ2v) is 2.97. The van der Waals surface area contributed by atoms with Gasteiger partial charge in [0.1, 0.15) is 0 Å². The van der Waals surface area contributed by atoms with Crippen LogP contribution in [-0.4, -0.2) is 6.61 Å². The van der Waals surface area contributed by atoms with Gasteiger partial charge in [-0.1, -0.05) is 0 Å². The third kappa shape index (κ3) is 1.12. The van der Waals surface area contributed by atoms with Crippen molar-refractivity contribution < 1.29 is 9.78 Å². The molecule has 2 rings (SSSR count). The maximum Gasteiger partial charge on any atom is 0.170 e. The Labute approximate surface area is 71.0 Å². The maximum absolute atomic E-state index is 5.65. The molecule has 1 aromatic rings. The van der Waals surface area contributed by atoms with Crippen LogP contribution in [0.25, 0.3) is 0 Å². The average molecular weight is 165 g/mol. The fraction of sp³-hybridized carbons (Fsp3) is 0.333. The molecule has 0 aromatic heterocycles. The van der Waals surface area contributed by atoms with Gasteiger partial charge in [-0.15, -0.1) is 0 Å². The van der Waals surface area contributed by atoms with Gasteiger partial charge in [0.15, 0.2) is 5.75 Å². The minimum Gasteiger partial charge on any atom is -0.399 e. The molecule has 0 spiro atoms. The van der Waals surface area contributed by atoms with E-state index in [4.69, 9.17) is 15.5 Å². The van der Waals surface area contributed by atoms with E-state index in [1.54, 1.807) is 6.07 Å². The lowest BCUT2D eigenvalue weighted by Crippen LogP contribution is -2.12. The van der Waals surface area contributed by atoms with E-state index in [9.17, 15) is 0 Å². The van der Waals surface area contributed by atoms with E-state index in [-0.39, 0.29) is 0 Å². The third-order valence-electron chi connectivity index (χ3n) is 2.04. The monoisotopic (exact) mass is 165 g/mol. The maximum atomic E-state index is 5.65. The number of hydrogen-bond donors (Lipinski definition) is 1. The zero-order valence-electron chi connectivity index (χ0n) is 6.96. The Kier molecular flexibility index (Phi) is 1.66. The number of benzene rings is 1. The first kappa shape index (κ1) is 7.43. The molecule has 1 aliphatic rings. The van der Waals surface area contributed by atoms with Crippen molar-refractivity contribution in [2.75, 3.05) is 12.3 Å². The molecule has 2 N–H and O–H groups in total. The number of aryl methyl sites for hydroxylation is 1. The Hall–Kier alpha value is -1.22. The Morgan fingerprint density at radius 3 is 3.08 bits per heavy atom. The van der Waals surface area contributed by atoms with Crippen molar-refractivity contribution in [1.82, 2.24) is 0 Å². The zero-order chi connectivity index (χ0) is 8.55. The summed E-state index contributed by atoms with van der Waals surface area (Å²) in [5.74, 6) is 0.763. The molecular weight excluding hydrogens is 154 g/mol. The van der Waals surface area contributed by atoms with Gasteiger partial charge in [-0.25, -0.2) is 0 Å². The largest absolute Gasteiger partial charge is 0.399 e. The number of rotatable bonds is 0. The van der Waals surface area contributed by atoms with Crippen molar-refractivity contribution >= 4 is 5.69 Å². The molecule has 0 atom stereocenters. The van der Waals surface area contributed by atoms with Crippen LogP contribution in [-0.2, 0) is 11.3 Å². The van der Waals surface area contributed by atoms with Crippen LogP contribution in [0.2, 0.25) is 0 Å². The van der Waals surface area contributed by atoms with Crippen molar-refractivity contribution in [3.8, 4) is 5.75 Å². The number of hydrogen-bond acceptors (Lipinski definition) is 3. The van der Waals surface area contributed by atoms with E-state index in [1.807, 2.05) is 13.0 Å². The summed E-state index contributed by atoms with van der Waals surface area (Å²) in [5, 5.41) is 0. The predicted octanol–water partition coefficient (Wildman–Crippen LogP) is 1.44. The van der Waals surface area contributed by atoms with Crippen LogP contribution in [0.1, 0.15) is 11.1 Å². The molecule has 0 unspecified atom stereocenters. The van der Waals surface area contributed by atoms with Crippen molar-refractivity contribution in [3.63, 3.8) is 0 Å². The van der Waals surface area contributed by atoms with Gasteiger partial charge >= 0.3 is 0 Å². The van der Waals surface area contributed by atoms with E-state index in [0.717, 1.165) is 17.9 Å². The lowest BCUT2D eigenvalue weighted by Gasteiger charge is -2.17. The van der Waals surface area contributed by atoms with Gasteiger partial charge in [-0.05, 0) is 18.6 Å². The second kappa shape index (κ2) is 2.68. The smallest absolute Gasteiger partial charge is 0.170 e. The van der Waals surface area contributed by atoms with E-state index in [2.05, 4.69) is 0 Å². The predicted molar refractivity (Wildman–Crippen MR) is 45.9 cm³/mol. The van der Waals surface area contributed by atoms with Crippen LogP contribution < -0.4 is 10.6 Å². The van der Waals surface area contributed by atoms with Crippen LogP contribution in [0, 0.1) is 6.92 Å². The molecule has 1 aromatic carbocycles. The minimum atomic E-state index is 0.623. The lowest BCUT2D eigenvalue weighted by molar-refractivity contribution is -0.215. The van der Waals surface area contributed by atoms with Gasteiger partial charge in [0.25, 0.3) is 0 Å². The summed E-state index contributed by atoms with van der Waals surface area (Å²) in [6.07, 6.45) is 0.904. The van der Waals surface area contributed by atoms with Crippen molar-refractivity contribution in [2.24, 2.45) is 0 Å². The first-order chi connectivity index (χ1) is 5.77. The second-order valence-electron chi connectivity index (χ2n) is 2.97. The molecule has 64 valence electrons. The molecule has 0 saturated carbocycles. The normalized spacial score (nSPS) is 15.1. The van der Waals surface area contributed by atoms with Crippen LogP contribution in [0.4, 0.5) is 5.69 Å². The van der Waals surface area contributed by atoms with E-state index < -0.39 is 0 Å². The summed E-state index contributed by atoms with van der Waals surface area (Å²) in [6, 6.07) is 3.75. The molecule has 0 amide bonds. The Morgan fingerprint density at radius 2 is 2.25 bits per heavy atom. The molecule has 3 heteroatoms. The molecule has 1 aliphatic heterocycles. The highest BCUT2D eigenvalue weighted by atomic mass is 17.2. The summed E-state index contributed by atoms with van der Waals surface area (Å²) >= 11 is 0. The number of anilines is 1. The average Bonchev–Trinajstić information content (AvgIpc) is 2.04. The van der Waals surface area contributed by atoms with E-state index >= 15 is 0 Å². The topological polar surface area (TPSA) is 44.5 Å². The van der Waals surface area contributed by atoms with Gasteiger partial charge in [0.05, 0.1) is 6.61 Å². The molecule has 0 radical (unpaired) electrons. The highest BCUT2D eigenvalue weighted by Crippen LogP contribution is 2.28. The fourth-order valence-electron chi connectivity index (χ4n) is 1.46. The standard InChI is InChI=1S/C9H11NO2/c1-6-4-7(10)5-9-8(6)2-3-11-12-9/h4-5H,2-3,10H2,1H3. The zero-order valence-corrected chi connectivity index (χ0v) is 6.96. The van der Waals surface area contributed by atoms with Crippen LogP contribution in [0.5, 0.6) is 5.75 Å². The molecule has 0 bridgehead atoms. The van der Waals surface area contributed by atoms with Crippen molar-refractivity contribution in [1.29, 1.82) is 0 Å². The third-order valence-corrected chi connectivity index (χ3v) is 2.04. The van der Waals surface area contributed by atoms with Gasteiger partial charge in [-0.2, -0.15) is 4.89 Å². The summed E-state index contributed by atoms with van der Waals surface area (Å²) in [6.45, 7) is 2.65. The van der Waals surface area contributed by atoms with Crippen LogP contribution >= 0.6 is 0 Å². The number of nitrogen functional groups attached to an aromatic ring is 1. The highest BCUT2D eigenvalue weighted by Gasteiger charge is 2.13. The van der Waals surface area contributed by atoms with Crippen LogP contribution in [0.3, 0.4) is 0 Å². The molecule has 0 aliphatic carbocycles. The SMILES string of the molecule is Cc1cc(N)cc2c1CCOO2. The Morgan fingerprint density at radius 1 is 1.42 bits per heavy atom.